The van der Waals surface area contributed by atoms with Gasteiger partial charge in [0.25, 0.3) is 0 Å². The van der Waals surface area contributed by atoms with E-state index in [4.69, 9.17) is 0 Å². The van der Waals surface area contributed by atoms with E-state index < -0.39 is 0 Å². The first-order valence-corrected chi connectivity index (χ1v) is 10.9. The molecule has 31 heavy (non-hydrogen) atoms. The lowest BCUT2D eigenvalue weighted by molar-refractivity contribution is 0.496. The summed E-state index contributed by atoms with van der Waals surface area (Å²) < 4.78 is 0. The molecule has 0 fully saturated rings. The molecule has 1 atom stereocenters. The zero-order chi connectivity index (χ0) is 22.8. The number of anilines is 2. The van der Waals surface area contributed by atoms with Gasteiger partial charge < -0.3 is 9.80 Å². The summed E-state index contributed by atoms with van der Waals surface area (Å²) >= 11 is 0. The molecule has 0 saturated carbocycles. The zero-order valence-corrected chi connectivity index (χ0v) is 19.8. The van der Waals surface area contributed by atoms with Crippen LogP contribution in [0, 0.1) is 5.92 Å². The van der Waals surface area contributed by atoms with Crippen LogP contribution in [0.15, 0.2) is 97.1 Å². The Morgan fingerprint density at radius 2 is 1.68 bits per heavy atom. The average Bonchev–Trinajstić information content (AvgIpc) is 2.75. The normalized spacial score (nSPS) is 12.9. The molecule has 0 amide bonds. The maximum atomic E-state index is 4.19. The van der Waals surface area contributed by atoms with Crippen molar-refractivity contribution >= 4 is 11.4 Å². The lowest BCUT2D eigenvalue weighted by Crippen LogP contribution is -2.20. The van der Waals surface area contributed by atoms with E-state index in [1.165, 1.54) is 22.4 Å². The van der Waals surface area contributed by atoms with Crippen molar-refractivity contribution in [2.24, 2.45) is 5.92 Å². The first kappa shape index (κ1) is 24.2. The fraction of sp³-hybridized carbons (Fsp3) is 0.321. The molecule has 0 spiro atoms. The van der Waals surface area contributed by atoms with Gasteiger partial charge in [-0.05, 0) is 81.1 Å². The summed E-state index contributed by atoms with van der Waals surface area (Å²) in [6.07, 6.45) is 11.8. The van der Waals surface area contributed by atoms with Crippen LogP contribution >= 0.6 is 0 Å². The van der Waals surface area contributed by atoms with E-state index in [0.29, 0.717) is 5.92 Å². The number of allylic oxidation sites excluding steroid dienone is 4. The summed E-state index contributed by atoms with van der Waals surface area (Å²) in [5.74, 6) is 0.559. The predicted octanol–water partition coefficient (Wildman–Crippen LogP) is 7.29. The number of pyridine rings is 1. The lowest BCUT2D eigenvalue weighted by Gasteiger charge is -2.29. The predicted molar refractivity (Wildman–Crippen MR) is 135 cm³/mol. The van der Waals surface area contributed by atoms with Gasteiger partial charge >= 0.3 is 0 Å². The molecule has 0 aliphatic rings. The number of hydrogen-bond acceptors (Lipinski definition) is 3. The fourth-order valence-corrected chi connectivity index (χ4v) is 3.78. The highest BCUT2D eigenvalue weighted by atomic mass is 15.2. The second-order valence-corrected chi connectivity index (χ2v) is 8.34. The number of rotatable bonds is 11. The molecule has 0 N–H and O–H groups in total. The van der Waals surface area contributed by atoms with Crippen molar-refractivity contribution in [3.63, 3.8) is 0 Å². The van der Waals surface area contributed by atoms with Crippen molar-refractivity contribution in [1.29, 1.82) is 0 Å². The molecule has 2 aromatic rings. The Labute approximate surface area is 189 Å². The third kappa shape index (κ3) is 7.29. The van der Waals surface area contributed by atoms with E-state index in [1.54, 1.807) is 0 Å². The number of aromatic nitrogens is 1. The summed E-state index contributed by atoms with van der Waals surface area (Å²) in [4.78, 5) is 8.59. The third-order valence-corrected chi connectivity index (χ3v) is 5.46. The Morgan fingerprint density at radius 1 is 1.06 bits per heavy atom. The first-order valence-electron chi connectivity index (χ1n) is 10.9. The highest BCUT2D eigenvalue weighted by molar-refractivity contribution is 5.68. The van der Waals surface area contributed by atoms with Crippen molar-refractivity contribution in [3.8, 4) is 0 Å². The van der Waals surface area contributed by atoms with Crippen LogP contribution in [0.4, 0.5) is 11.4 Å². The molecule has 164 valence electrons. The van der Waals surface area contributed by atoms with Crippen molar-refractivity contribution in [1.82, 2.24) is 9.88 Å². The molecule has 1 aromatic carbocycles. The van der Waals surface area contributed by atoms with Crippen molar-refractivity contribution in [2.45, 2.75) is 40.5 Å². The largest absolute Gasteiger partial charge is 0.377 e. The Kier molecular flexibility index (Phi) is 9.33. The zero-order valence-electron chi connectivity index (χ0n) is 19.8. The van der Waals surface area contributed by atoms with Crippen molar-refractivity contribution in [2.75, 3.05) is 18.5 Å². The van der Waals surface area contributed by atoms with Crippen LogP contribution in [-0.2, 0) is 6.42 Å². The minimum Gasteiger partial charge on any atom is -0.377 e. The standard InChI is InChI=1S/C28H37N3/c1-8-10-22(3)19-23(4)20-26-11-13-27(14-12-26)31(28-15-17-29-18-16-28)25(6)24(5)21-30(7)9-2/h8-18,23H,2-3,19-21H2,1,4-7H3/b10-8-,25-24+. The van der Waals surface area contributed by atoms with E-state index in [2.05, 4.69) is 97.3 Å². The van der Waals surface area contributed by atoms with Crippen LogP contribution in [0.2, 0.25) is 0 Å². The van der Waals surface area contributed by atoms with E-state index in [1.807, 2.05) is 32.6 Å². The highest BCUT2D eigenvalue weighted by Gasteiger charge is 2.15. The maximum Gasteiger partial charge on any atom is 0.0488 e. The summed E-state index contributed by atoms with van der Waals surface area (Å²) in [6.45, 7) is 17.5. The van der Waals surface area contributed by atoms with Gasteiger partial charge in [-0.15, -0.1) is 0 Å². The molecule has 1 heterocycles. The SMILES string of the molecule is C=CN(C)C/C(C)=C(\C)N(c1ccncc1)c1ccc(CC(C)CC(=C)/C=C\C)cc1. The molecule has 1 aromatic heterocycles. The second kappa shape index (κ2) is 11.9. The number of likely N-dealkylation sites (N-methyl/N-ethyl adjacent to an activating group) is 1. The molecule has 3 heteroatoms. The quantitative estimate of drug-likeness (QED) is 0.359. The van der Waals surface area contributed by atoms with Gasteiger partial charge in [-0.1, -0.05) is 49.9 Å². The van der Waals surface area contributed by atoms with Gasteiger partial charge in [0.2, 0.25) is 0 Å². The lowest BCUT2D eigenvalue weighted by atomic mass is 9.94. The van der Waals surface area contributed by atoms with Crippen LogP contribution in [0.5, 0.6) is 0 Å². The van der Waals surface area contributed by atoms with Gasteiger partial charge in [0, 0.05) is 43.1 Å². The number of nitrogens with zero attached hydrogens (tertiary/aromatic N) is 3. The Hall–Kier alpha value is -3.07. The highest BCUT2D eigenvalue weighted by Crippen LogP contribution is 2.31. The number of benzene rings is 1. The van der Waals surface area contributed by atoms with E-state index in [0.717, 1.165) is 30.8 Å². The van der Waals surface area contributed by atoms with Crippen LogP contribution in [-0.4, -0.2) is 23.5 Å². The minimum absolute atomic E-state index is 0.559. The van der Waals surface area contributed by atoms with E-state index >= 15 is 0 Å². The molecular formula is C28H37N3. The van der Waals surface area contributed by atoms with Crippen molar-refractivity contribution < 1.29 is 0 Å². The Bertz CT molecular complexity index is 907. The molecule has 0 saturated heterocycles. The molecule has 0 radical (unpaired) electrons. The van der Waals surface area contributed by atoms with Crippen LogP contribution in [0.1, 0.15) is 39.7 Å². The Balaban J connectivity index is 2.28. The van der Waals surface area contributed by atoms with Crippen molar-refractivity contribution in [3.05, 3.63) is 103 Å². The summed E-state index contributed by atoms with van der Waals surface area (Å²) in [6, 6.07) is 13.0. The Morgan fingerprint density at radius 3 is 2.26 bits per heavy atom. The van der Waals surface area contributed by atoms with Gasteiger partial charge in [-0.2, -0.15) is 0 Å². The van der Waals surface area contributed by atoms with Gasteiger partial charge in [0.1, 0.15) is 0 Å². The van der Waals surface area contributed by atoms with Gasteiger partial charge in [-0.25, -0.2) is 0 Å². The summed E-state index contributed by atoms with van der Waals surface area (Å²) in [7, 11) is 2.04. The molecule has 2 rings (SSSR count). The van der Waals surface area contributed by atoms with Crippen LogP contribution < -0.4 is 4.90 Å². The average molecular weight is 416 g/mol. The monoisotopic (exact) mass is 415 g/mol. The van der Waals surface area contributed by atoms with E-state index in [9.17, 15) is 0 Å². The molecular weight excluding hydrogens is 378 g/mol. The maximum absolute atomic E-state index is 4.19. The second-order valence-electron chi connectivity index (χ2n) is 8.34. The summed E-state index contributed by atoms with van der Waals surface area (Å²) in [5.41, 5.74) is 7.30. The fourth-order valence-electron chi connectivity index (χ4n) is 3.78. The van der Waals surface area contributed by atoms with Crippen LogP contribution in [0.25, 0.3) is 0 Å². The number of hydrogen-bond donors (Lipinski definition) is 0. The smallest absolute Gasteiger partial charge is 0.0488 e. The van der Waals surface area contributed by atoms with Crippen LogP contribution in [0.3, 0.4) is 0 Å². The van der Waals surface area contributed by atoms with Gasteiger partial charge in [0.15, 0.2) is 0 Å². The van der Waals surface area contributed by atoms with Gasteiger partial charge in [0.05, 0.1) is 0 Å². The summed E-state index contributed by atoms with van der Waals surface area (Å²) in [5, 5.41) is 0. The van der Waals surface area contributed by atoms with Gasteiger partial charge in [-0.3, -0.25) is 4.98 Å². The molecule has 1 unspecified atom stereocenters. The molecule has 0 aliphatic heterocycles. The molecule has 0 aliphatic carbocycles. The minimum atomic E-state index is 0.559. The topological polar surface area (TPSA) is 19.4 Å². The first-order chi connectivity index (χ1) is 14.8. The van der Waals surface area contributed by atoms with E-state index in [-0.39, 0.29) is 0 Å². The molecule has 3 nitrogen and oxygen atoms in total. The third-order valence-electron chi connectivity index (χ3n) is 5.46. The molecule has 0 bridgehead atoms.